The first-order chi connectivity index (χ1) is 16.2. The molecule has 2 aromatic heterocycles. The van der Waals surface area contributed by atoms with Crippen LogP contribution in [0, 0.1) is 0 Å². The van der Waals surface area contributed by atoms with E-state index in [0.717, 1.165) is 63.7 Å². The van der Waals surface area contributed by atoms with E-state index >= 15 is 0 Å². The Morgan fingerprint density at radius 1 is 0.879 bits per heavy atom. The van der Waals surface area contributed by atoms with Gasteiger partial charge in [-0.3, -0.25) is 4.79 Å². The second-order valence-corrected chi connectivity index (χ2v) is 9.21. The standard InChI is InChI=1S/C24H33N7O2/c1-28-8-10-29(11-9-28)21-16-22(27-18-26-21)30-12-14-31(15-13-30)24(32)19-6-7-23(25-17-19)33-20-4-2-3-5-20/h6-7,16-18,20H,2-5,8-15H2,1H3. The molecule has 0 spiro atoms. The Labute approximate surface area is 195 Å². The fraction of sp³-hybridized carbons (Fsp3) is 0.583. The molecule has 0 atom stereocenters. The van der Waals surface area contributed by atoms with Crippen molar-refractivity contribution < 1.29 is 9.53 Å². The molecule has 1 amide bonds. The molecule has 9 heteroatoms. The van der Waals surface area contributed by atoms with Crippen LogP contribution in [-0.2, 0) is 0 Å². The van der Waals surface area contributed by atoms with Crippen LogP contribution in [-0.4, -0.2) is 96.2 Å². The maximum atomic E-state index is 13.0. The predicted molar refractivity (Wildman–Crippen MR) is 127 cm³/mol. The first-order valence-corrected chi connectivity index (χ1v) is 12.1. The van der Waals surface area contributed by atoms with Crippen molar-refractivity contribution in [2.75, 3.05) is 69.2 Å². The summed E-state index contributed by atoms with van der Waals surface area (Å²) in [7, 11) is 2.15. The maximum Gasteiger partial charge on any atom is 0.255 e. The fourth-order valence-corrected chi connectivity index (χ4v) is 4.79. The van der Waals surface area contributed by atoms with Gasteiger partial charge < -0.3 is 24.3 Å². The topological polar surface area (TPSA) is 77.9 Å². The number of carbonyl (C=O) groups excluding carboxylic acids is 1. The summed E-state index contributed by atoms with van der Waals surface area (Å²) in [6, 6.07) is 5.73. The van der Waals surface area contributed by atoms with Crippen molar-refractivity contribution in [3.05, 3.63) is 36.3 Å². The van der Waals surface area contributed by atoms with Gasteiger partial charge in [0.1, 0.15) is 24.1 Å². The van der Waals surface area contributed by atoms with Crippen LogP contribution >= 0.6 is 0 Å². The van der Waals surface area contributed by atoms with Gasteiger partial charge in [-0.2, -0.15) is 0 Å². The average Bonchev–Trinajstić information content (AvgIpc) is 3.38. The minimum atomic E-state index is 0.0235. The molecule has 0 aromatic carbocycles. The largest absolute Gasteiger partial charge is 0.474 e. The summed E-state index contributed by atoms with van der Waals surface area (Å²) < 4.78 is 5.92. The van der Waals surface area contributed by atoms with Gasteiger partial charge in [0.15, 0.2) is 0 Å². The fourth-order valence-electron chi connectivity index (χ4n) is 4.79. The second-order valence-electron chi connectivity index (χ2n) is 9.21. The van der Waals surface area contributed by atoms with E-state index in [1.165, 1.54) is 12.8 Å². The van der Waals surface area contributed by atoms with Gasteiger partial charge in [-0.1, -0.05) is 0 Å². The number of carbonyl (C=O) groups is 1. The van der Waals surface area contributed by atoms with Gasteiger partial charge in [0.05, 0.1) is 5.56 Å². The molecular weight excluding hydrogens is 418 g/mol. The summed E-state index contributed by atoms with van der Waals surface area (Å²) in [6.45, 7) is 6.87. The third-order valence-electron chi connectivity index (χ3n) is 6.93. The lowest BCUT2D eigenvalue weighted by Gasteiger charge is -2.36. The van der Waals surface area contributed by atoms with Crippen LogP contribution in [0.4, 0.5) is 11.6 Å². The van der Waals surface area contributed by atoms with E-state index in [1.807, 2.05) is 17.0 Å². The van der Waals surface area contributed by atoms with Gasteiger partial charge in [-0.25, -0.2) is 15.0 Å². The summed E-state index contributed by atoms with van der Waals surface area (Å²) >= 11 is 0. The zero-order chi connectivity index (χ0) is 22.6. The molecule has 5 rings (SSSR count). The van der Waals surface area contributed by atoms with Crippen molar-refractivity contribution in [2.45, 2.75) is 31.8 Å². The molecule has 3 fully saturated rings. The minimum absolute atomic E-state index is 0.0235. The van der Waals surface area contributed by atoms with E-state index in [2.05, 4.69) is 42.8 Å². The molecule has 176 valence electrons. The van der Waals surface area contributed by atoms with Crippen LogP contribution in [0.2, 0.25) is 0 Å². The SMILES string of the molecule is CN1CCN(c2cc(N3CCN(C(=O)c4ccc(OC5CCCC5)nc4)CC3)ncn2)CC1. The van der Waals surface area contributed by atoms with Crippen molar-refractivity contribution in [3.8, 4) is 5.88 Å². The number of rotatable bonds is 5. The lowest BCUT2D eigenvalue weighted by Crippen LogP contribution is -2.49. The molecule has 0 unspecified atom stereocenters. The summed E-state index contributed by atoms with van der Waals surface area (Å²) in [5.41, 5.74) is 0.613. The number of nitrogens with zero attached hydrogens (tertiary/aromatic N) is 7. The van der Waals surface area contributed by atoms with E-state index in [9.17, 15) is 4.79 Å². The van der Waals surface area contributed by atoms with Crippen LogP contribution in [0.1, 0.15) is 36.0 Å². The highest BCUT2D eigenvalue weighted by atomic mass is 16.5. The Morgan fingerprint density at radius 2 is 1.52 bits per heavy atom. The van der Waals surface area contributed by atoms with Crippen LogP contribution < -0.4 is 14.5 Å². The monoisotopic (exact) mass is 451 g/mol. The molecule has 3 aliphatic rings. The molecule has 0 radical (unpaired) electrons. The molecule has 2 saturated heterocycles. The Balaban J connectivity index is 1.15. The quantitative estimate of drug-likeness (QED) is 0.682. The first kappa shape index (κ1) is 21.9. The lowest BCUT2D eigenvalue weighted by atomic mass is 10.2. The minimum Gasteiger partial charge on any atom is -0.474 e. The van der Waals surface area contributed by atoms with E-state index in [-0.39, 0.29) is 12.0 Å². The number of piperazine rings is 2. The molecule has 0 N–H and O–H groups in total. The molecule has 4 heterocycles. The predicted octanol–water partition coefficient (Wildman–Crippen LogP) is 1.91. The van der Waals surface area contributed by atoms with Crippen LogP contribution in [0.5, 0.6) is 5.88 Å². The normalized spacial score (nSPS) is 20.3. The van der Waals surface area contributed by atoms with Crippen LogP contribution in [0.3, 0.4) is 0 Å². The number of amides is 1. The third-order valence-corrected chi connectivity index (χ3v) is 6.93. The van der Waals surface area contributed by atoms with E-state index < -0.39 is 0 Å². The number of ether oxygens (including phenoxy) is 1. The molecule has 2 aliphatic heterocycles. The van der Waals surface area contributed by atoms with Crippen molar-refractivity contribution >= 4 is 17.5 Å². The van der Waals surface area contributed by atoms with Crippen molar-refractivity contribution in [1.82, 2.24) is 24.8 Å². The maximum absolute atomic E-state index is 13.0. The Bertz CT molecular complexity index is 932. The van der Waals surface area contributed by atoms with Gasteiger partial charge in [-0.15, -0.1) is 0 Å². The van der Waals surface area contributed by atoms with Gasteiger partial charge in [-0.05, 0) is 38.8 Å². The first-order valence-electron chi connectivity index (χ1n) is 12.1. The number of hydrogen-bond acceptors (Lipinski definition) is 8. The van der Waals surface area contributed by atoms with E-state index in [1.54, 1.807) is 12.5 Å². The highest BCUT2D eigenvalue weighted by Crippen LogP contribution is 2.24. The molecule has 2 aromatic rings. The molecule has 9 nitrogen and oxygen atoms in total. The number of hydrogen-bond donors (Lipinski definition) is 0. The molecule has 0 bridgehead atoms. The van der Waals surface area contributed by atoms with Crippen LogP contribution in [0.25, 0.3) is 0 Å². The zero-order valence-corrected chi connectivity index (χ0v) is 19.4. The van der Waals surface area contributed by atoms with Crippen molar-refractivity contribution in [2.24, 2.45) is 0 Å². The molecule has 33 heavy (non-hydrogen) atoms. The van der Waals surface area contributed by atoms with Gasteiger partial charge in [0.2, 0.25) is 5.88 Å². The van der Waals surface area contributed by atoms with E-state index in [0.29, 0.717) is 24.5 Å². The lowest BCUT2D eigenvalue weighted by molar-refractivity contribution is 0.0746. The van der Waals surface area contributed by atoms with Gasteiger partial charge in [0, 0.05) is 70.7 Å². The van der Waals surface area contributed by atoms with Crippen molar-refractivity contribution in [3.63, 3.8) is 0 Å². The smallest absolute Gasteiger partial charge is 0.255 e. The van der Waals surface area contributed by atoms with E-state index in [4.69, 9.17) is 4.74 Å². The van der Waals surface area contributed by atoms with Crippen molar-refractivity contribution in [1.29, 1.82) is 0 Å². The summed E-state index contributed by atoms with van der Waals surface area (Å²) in [5.74, 6) is 2.55. The van der Waals surface area contributed by atoms with Gasteiger partial charge >= 0.3 is 0 Å². The summed E-state index contributed by atoms with van der Waals surface area (Å²) in [5, 5.41) is 0. The second kappa shape index (κ2) is 9.91. The molecular formula is C24H33N7O2. The number of likely N-dealkylation sites (N-methyl/N-ethyl adjacent to an activating group) is 1. The zero-order valence-electron chi connectivity index (χ0n) is 19.4. The highest BCUT2D eigenvalue weighted by molar-refractivity contribution is 5.94. The van der Waals surface area contributed by atoms with Crippen LogP contribution in [0.15, 0.2) is 30.7 Å². The summed E-state index contributed by atoms with van der Waals surface area (Å²) in [6.07, 6.45) is 8.20. The molecule has 1 saturated carbocycles. The Kier molecular flexibility index (Phi) is 6.57. The third kappa shape index (κ3) is 5.19. The van der Waals surface area contributed by atoms with Gasteiger partial charge in [0.25, 0.3) is 5.91 Å². The number of pyridine rings is 1. The number of aromatic nitrogens is 3. The Hall–Kier alpha value is -2.94. The summed E-state index contributed by atoms with van der Waals surface area (Å²) in [4.78, 5) is 35.1. The Morgan fingerprint density at radius 3 is 2.12 bits per heavy atom. The average molecular weight is 452 g/mol. The number of anilines is 2. The molecule has 1 aliphatic carbocycles. The highest BCUT2D eigenvalue weighted by Gasteiger charge is 2.25.